The predicted octanol–water partition coefficient (Wildman–Crippen LogP) is 1.51. The first-order valence-corrected chi connectivity index (χ1v) is 10.4. The molecule has 0 radical (unpaired) electrons. The van der Waals surface area contributed by atoms with E-state index in [-0.39, 0.29) is 17.7 Å². The van der Waals surface area contributed by atoms with Gasteiger partial charge in [0.1, 0.15) is 24.9 Å². The van der Waals surface area contributed by atoms with Gasteiger partial charge in [-0.2, -0.15) is 4.98 Å². The van der Waals surface area contributed by atoms with Crippen molar-refractivity contribution in [1.82, 2.24) is 24.1 Å². The molecule has 2 aliphatic heterocycles. The molecule has 0 amide bonds. The summed E-state index contributed by atoms with van der Waals surface area (Å²) in [4.78, 5) is 35.9. The van der Waals surface area contributed by atoms with Crippen LogP contribution in [0.1, 0.15) is 38.4 Å². The Kier molecular flexibility index (Phi) is 4.73. The van der Waals surface area contributed by atoms with Gasteiger partial charge in [-0.3, -0.25) is 23.7 Å². The summed E-state index contributed by atoms with van der Waals surface area (Å²) in [6, 6.07) is 3.90. The monoisotopic (exact) mass is 443 g/mol. The minimum Gasteiger partial charge on any atom is -0.463 e. The predicted molar refractivity (Wildman–Crippen MR) is 111 cm³/mol. The van der Waals surface area contributed by atoms with Gasteiger partial charge < -0.3 is 18.9 Å². The van der Waals surface area contributed by atoms with Crippen molar-refractivity contribution in [2.45, 2.75) is 64.9 Å². The van der Waals surface area contributed by atoms with Crippen molar-refractivity contribution in [3.63, 3.8) is 0 Å². The maximum Gasteiger partial charge on any atom is 0.302 e. The van der Waals surface area contributed by atoms with Crippen molar-refractivity contribution in [2.24, 2.45) is 0 Å². The Morgan fingerprint density at radius 2 is 1.91 bits per heavy atom. The number of nitrogens with zero attached hydrogens (tertiary/aromatic N) is 4. The molecular weight excluding hydrogens is 418 g/mol. The molecule has 170 valence electrons. The largest absolute Gasteiger partial charge is 0.463 e. The molecule has 2 aliphatic rings. The number of carbonyl (C=O) groups is 1. The van der Waals surface area contributed by atoms with Crippen molar-refractivity contribution >= 4 is 17.1 Å². The molecule has 1 N–H and O–H groups in total. The van der Waals surface area contributed by atoms with Crippen LogP contribution in [0.2, 0.25) is 0 Å². The second kappa shape index (κ2) is 7.26. The van der Waals surface area contributed by atoms with E-state index in [1.54, 1.807) is 4.57 Å². The lowest BCUT2D eigenvalue weighted by Crippen LogP contribution is -2.33. The number of aryl methyl sites for hydroxylation is 2. The quantitative estimate of drug-likeness (QED) is 0.602. The fourth-order valence-electron chi connectivity index (χ4n) is 4.43. The van der Waals surface area contributed by atoms with Crippen LogP contribution in [0.5, 0.6) is 0 Å². The number of ether oxygens (including phenoxy) is 4. The third-order valence-corrected chi connectivity index (χ3v) is 5.75. The van der Waals surface area contributed by atoms with Crippen molar-refractivity contribution in [3.05, 3.63) is 40.2 Å². The standard InChI is InChI=1S/C21H25N5O6/c1-10-6-7-11(2)26(10)20-23-17-14(18(28)24-20)22-9-25(17)19-16-15(31-21(4,5)32-16)13(30-19)8-29-12(3)27/h6-7,9,13,15-16,19H,8H2,1-5H3,(H,23,24,28)/t13-,15-,16-,19-/m1/s1. The van der Waals surface area contributed by atoms with Crippen LogP contribution in [-0.2, 0) is 23.7 Å². The molecule has 5 rings (SSSR count). The molecule has 0 aromatic carbocycles. The van der Waals surface area contributed by atoms with Crippen molar-refractivity contribution in [3.8, 4) is 5.95 Å². The zero-order valence-electron chi connectivity index (χ0n) is 18.5. The summed E-state index contributed by atoms with van der Waals surface area (Å²) in [5.74, 6) is -0.855. The number of imidazole rings is 1. The van der Waals surface area contributed by atoms with E-state index in [1.165, 1.54) is 13.3 Å². The third-order valence-electron chi connectivity index (χ3n) is 5.75. The second-order valence-electron chi connectivity index (χ2n) is 8.60. The summed E-state index contributed by atoms with van der Waals surface area (Å²) in [5, 5.41) is 0. The van der Waals surface area contributed by atoms with Crippen LogP contribution < -0.4 is 5.56 Å². The van der Waals surface area contributed by atoms with Crippen LogP contribution >= 0.6 is 0 Å². The highest BCUT2D eigenvalue weighted by molar-refractivity contribution is 5.70. The summed E-state index contributed by atoms with van der Waals surface area (Å²) in [6.45, 7) is 8.87. The van der Waals surface area contributed by atoms with Gasteiger partial charge in [0.25, 0.3) is 5.56 Å². The molecule has 2 fully saturated rings. The number of nitrogens with one attached hydrogen (secondary N) is 1. The fraction of sp³-hybridized carbons (Fsp3) is 0.524. The third kappa shape index (κ3) is 3.33. The van der Waals surface area contributed by atoms with Crippen molar-refractivity contribution in [1.29, 1.82) is 0 Å². The molecule has 0 aliphatic carbocycles. The van der Waals surface area contributed by atoms with Gasteiger partial charge in [0.2, 0.25) is 5.95 Å². The van der Waals surface area contributed by atoms with E-state index in [1.807, 2.05) is 44.4 Å². The lowest BCUT2D eigenvalue weighted by Gasteiger charge is -2.24. The molecule has 11 nitrogen and oxygen atoms in total. The lowest BCUT2D eigenvalue weighted by atomic mass is 10.1. The van der Waals surface area contributed by atoms with E-state index >= 15 is 0 Å². The van der Waals surface area contributed by atoms with Crippen LogP contribution in [-0.4, -0.2) is 60.8 Å². The second-order valence-corrected chi connectivity index (χ2v) is 8.60. The van der Waals surface area contributed by atoms with Crippen molar-refractivity contribution in [2.75, 3.05) is 6.61 Å². The van der Waals surface area contributed by atoms with Gasteiger partial charge in [-0.25, -0.2) is 4.98 Å². The maximum atomic E-state index is 12.8. The van der Waals surface area contributed by atoms with Crippen LogP contribution in [0.4, 0.5) is 0 Å². The van der Waals surface area contributed by atoms with Gasteiger partial charge in [0, 0.05) is 18.3 Å². The Morgan fingerprint density at radius 1 is 1.22 bits per heavy atom. The van der Waals surface area contributed by atoms with Crippen molar-refractivity contribution < 1.29 is 23.7 Å². The Morgan fingerprint density at radius 3 is 2.59 bits per heavy atom. The summed E-state index contributed by atoms with van der Waals surface area (Å²) < 4.78 is 27.0. The van der Waals surface area contributed by atoms with Gasteiger partial charge in [0.05, 0.1) is 6.33 Å². The smallest absolute Gasteiger partial charge is 0.302 e. The van der Waals surface area contributed by atoms with Gasteiger partial charge in [-0.1, -0.05) is 0 Å². The normalized spacial score (nSPS) is 26.5. The molecule has 32 heavy (non-hydrogen) atoms. The van der Waals surface area contributed by atoms with Gasteiger partial charge in [0.15, 0.2) is 23.2 Å². The molecule has 3 aromatic heterocycles. The Labute approximate surface area is 183 Å². The Balaban J connectivity index is 1.58. The van der Waals surface area contributed by atoms with Gasteiger partial charge in [-0.05, 0) is 39.8 Å². The topological polar surface area (TPSA) is 122 Å². The lowest BCUT2D eigenvalue weighted by molar-refractivity contribution is -0.201. The molecule has 0 unspecified atom stereocenters. The summed E-state index contributed by atoms with van der Waals surface area (Å²) >= 11 is 0. The molecule has 0 spiro atoms. The highest BCUT2D eigenvalue weighted by atomic mass is 16.8. The number of hydrogen-bond acceptors (Lipinski definition) is 8. The summed E-state index contributed by atoms with van der Waals surface area (Å²) in [6.07, 6.45) is -0.647. The van der Waals surface area contributed by atoms with Gasteiger partial charge >= 0.3 is 5.97 Å². The summed E-state index contributed by atoms with van der Waals surface area (Å²) in [7, 11) is 0. The molecule has 0 saturated carbocycles. The zero-order valence-corrected chi connectivity index (χ0v) is 18.5. The molecule has 11 heteroatoms. The van der Waals surface area contributed by atoms with E-state index in [0.717, 1.165) is 11.4 Å². The average Bonchev–Trinajstić information content (AvgIpc) is 3.43. The van der Waals surface area contributed by atoms with Crippen LogP contribution in [0, 0.1) is 13.8 Å². The minimum atomic E-state index is -0.836. The first kappa shape index (κ1) is 20.9. The van der Waals surface area contributed by atoms with E-state index in [9.17, 15) is 9.59 Å². The highest BCUT2D eigenvalue weighted by Gasteiger charge is 2.56. The number of aromatic amines is 1. The van der Waals surface area contributed by atoms with Crippen LogP contribution in [0.15, 0.2) is 23.3 Å². The number of esters is 1. The number of H-pyrrole nitrogens is 1. The Bertz CT molecular complexity index is 1240. The van der Waals surface area contributed by atoms with Crippen LogP contribution in [0.3, 0.4) is 0 Å². The number of aromatic nitrogens is 5. The first-order chi connectivity index (χ1) is 15.1. The van der Waals surface area contributed by atoms with Gasteiger partial charge in [-0.15, -0.1) is 0 Å². The zero-order chi connectivity index (χ0) is 22.8. The molecule has 2 saturated heterocycles. The number of fused-ring (bicyclic) bond motifs is 2. The van der Waals surface area contributed by atoms with E-state index in [2.05, 4.69) is 9.97 Å². The molecule has 3 aromatic rings. The maximum absolute atomic E-state index is 12.8. The van der Waals surface area contributed by atoms with E-state index < -0.39 is 36.3 Å². The minimum absolute atomic E-state index is 0.0279. The Hall–Kier alpha value is -3.02. The number of hydrogen-bond donors (Lipinski definition) is 1. The molecule has 4 atom stereocenters. The molecular formula is C21H25N5O6. The van der Waals surface area contributed by atoms with E-state index in [0.29, 0.717) is 11.6 Å². The molecule has 5 heterocycles. The SMILES string of the molecule is CC(=O)OC[C@H]1O[C@@H](n2cnc3c(=O)[nH]c(-n4c(C)ccc4C)nc32)[C@@H]2OC(C)(C)O[C@@H]21. The molecule has 0 bridgehead atoms. The number of rotatable bonds is 4. The number of carbonyl (C=O) groups excluding carboxylic acids is 1. The van der Waals surface area contributed by atoms with E-state index in [4.69, 9.17) is 23.9 Å². The summed E-state index contributed by atoms with van der Waals surface area (Å²) in [5.41, 5.74) is 2.07. The highest BCUT2D eigenvalue weighted by Crippen LogP contribution is 2.43. The first-order valence-electron chi connectivity index (χ1n) is 10.4. The average molecular weight is 443 g/mol. The van der Waals surface area contributed by atoms with Crippen LogP contribution in [0.25, 0.3) is 17.1 Å². The fourth-order valence-corrected chi connectivity index (χ4v) is 4.43.